The Balaban J connectivity index is 1.38. The molecule has 5 aliphatic rings. The maximum absolute atomic E-state index is 11.0. The Morgan fingerprint density at radius 1 is 0.650 bits per heavy atom. The molecule has 2 saturated carbocycles. The SMILES string of the molecule is OCC1OC(OC2CC3C(O)CC(O)CC3OC2C2CCC(O)CC2)C(OC2OCC(O)C(O)C2O)C(O)C1O. The van der Waals surface area contributed by atoms with Crippen LogP contribution in [0.1, 0.15) is 44.9 Å². The van der Waals surface area contributed by atoms with Gasteiger partial charge in [-0.05, 0) is 50.9 Å². The molecule has 3 heterocycles. The molecule has 0 amide bonds. The molecule has 2 aliphatic carbocycles. The number of fused-ring (bicyclic) bond motifs is 1. The van der Waals surface area contributed by atoms with Crippen LogP contribution in [0.25, 0.3) is 0 Å². The number of aliphatic hydroxyl groups is 9. The first kappa shape index (κ1) is 30.9. The number of hydrogen-bond acceptors (Lipinski definition) is 14. The van der Waals surface area contributed by atoms with Crippen LogP contribution in [0.15, 0.2) is 0 Å². The summed E-state index contributed by atoms with van der Waals surface area (Å²) in [5.74, 6) is -0.344. The van der Waals surface area contributed by atoms with Gasteiger partial charge in [-0.2, -0.15) is 0 Å². The number of rotatable bonds is 6. The Morgan fingerprint density at radius 3 is 2.08 bits per heavy atom. The molecule has 0 aromatic heterocycles. The van der Waals surface area contributed by atoms with Crippen LogP contribution in [-0.2, 0) is 23.7 Å². The average Bonchev–Trinajstić information content (AvgIpc) is 2.93. The van der Waals surface area contributed by atoms with E-state index in [2.05, 4.69) is 0 Å². The minimum Gasteiger partial charge on any atom is -0.394 e. The molecule has 232 valence electrons. The van der Waals surface area contributed by atoms with Crippen LogP contribution in [0.2, 0.25) is 0 Å². The maximum atomic E-state index is 11.0. The van der Waals surface area contributed by atoms with Crippen LogP contribution in [0.3, 0.4) is 0 Å². The van der Waals surface area contributed by atoms with Crippen molar-refractivity contribution in [3.8, 4) is 0 Å². The normalized spacial score (nSPS) is 54.1. The molecular weight excluding hydrogens is 536 g/mol. The first-order valence-electron chi connectivity index (χ1n) is 14.4. The van der Waals surface area contributed by atoms with Gasteiger partial charge in [0.2, 0.25) is 0 Å². The lowest BCUT2D eigenvalue weighted by Crippen LogP contribution is -2.64. The van der Waals surface area contributed by atoms with Gasteiger partial charge in [0.05, 0.1) is 49.8 Å². The zero-order valence-electron chi connectivity index (χ0n) is 22.2. The van der Waals surface area contributed by atoms with Gasteiger partial charge >= 0.3 is 0 Å². The van der Waals surface area contributed by atoms with E-state index in [0.717, 1.165) is 0 Å². The van der Waals surface area contributed by atoms with Gasteiger partial charge in [-0.15, -0.1) is 0 Å². The second-order valence-electron chi connectivity index (χ2n) is 12.0. The molecular formula is C26H44O14. The van der Waals surface area contributed by atoms with Crippen molar-refractivity contribution < 1.29 is 69.6 Å². The Morgan fingerprint density at radius 2 is 1.38 bits per heavy atom. The second kappa shape index (κ2) is 13.0. The lowest BCUT2D eigenvalue weighted by Gasteiger charge is -2.51. The molecule has 3 saturated heterocycles. The van der Waals surface area contributed by atoms with E-state index in [0.29, 0.717) is 38.5 Å². The highest BCUT2D eigenvalue weighted by Crippen LogP contribution is 2.43. The largest absolute Gasteiger partial charge is 0.394 e. The fraction of sp³-hybridized carbons (Fsp3) is 1.00. The van der Waals surface area contributed by atoms with Gasteiger partial charge in [0.25, 0.3) is 0 Å². The molecule has 0 aromatic rings. The number of aliphatic hydroxyl groups excluding tert-OH is 9. The summed E-state index contributed by atoms with van der Waals surface area (Å²) < 4.78 is 29.8. The van der Waals surface area contributed by atoms with Gasteiger partial charge in [0.15, 0.2) is 12.6 Å². The van der Waals surface area contributed by atoms with E-state index in [-0.39, 0.29) is 24.9 Å². The topological polar surface area (TPSA) is 228 Å². The monoisotopic (exact) mass is 580 g/mol. The summed E-state index contributed by atoms with van der Waals surface area (Å²) in [7, 11) is 0. The standard InChI is InChI=1S/C26H44O14/c27-8-18-20(33)21(34)24(40-25-22(35)19(32)15(31)9-36-25)26(39-18)38-17-7-13-14(30)5-12(29)6-16(13)37-23(17)10-1-3-11(28)4-2-10/h10-35H,1-9H2. The smallest absolute Gasteiger partial charge is 0.187 e. The lowest BCUT2D eigenvalue weighted by molar-refractivity contribution is -0.371. The summed E-state index contributed by atoms with van der Waals surface area (Å²) >= 11 is 0. The minimum absolute atomic E-state index is 0.00203. The van der Waals surface area contributed by atoms with E-state index < -0.39 is 98.5 Å². The summed E-state index contributed by atoms with van der Waals surface area (Å²) in [5, 5.41) is 92.6. The minimum atomic E-state index is -1.67. The fourth-order valence-corrected chi connectivity index (χ4v) is 6.91. The van der Waals surface area contributed by atoms with Crippen molar-refractivity contribution in [3.63, 3.8) is 0 Å². The molecule has 3 aliphatic heterocycles. The van der Waals surface area contributed by atoms with E-state index in [1.807, 2.05) is 0 Å². The van der Waals surface area contributed by atoms with Crippen molar-refractivity contribution in [2.75, 3.05) is 13.2 Å². The van der Waals surface area contributed by atoms with Crippen molar-refractivity contribution in [3.05, 3.63) is 0 Å². The highest BCUT2D eigenvalue weighted by molar-refractivity contribution is 4.99. The van der Waals surface area contributed by atoms with Crippen LogP contribution < -0.4 is 0 Å². The third kappa shape index (κ3) is 6.36. The van der Waals surface area contributed by atoms with Gasteiger partial charge in [-0.25, -0.2) is 0 Å². The molecule has 0 aromatic carbocycles. The number of ether oxygens (including phenoxy) is 5. The summed E-state index contributed by atoms with van der Waals surface area (Å²) in [6.07, 6.45) is -13.4. The molecule has 0 bridgehead atoms. The molecule has 15 atom stereocenters. The quantitative estimate of drug-likeness (QED) is 0.148. The Bertz CT molecular complexity index is 812. The predicted octanol–water partition coefficient (Wildman–Crippen LogP) is -3.52. The highest BCUT2D eigenvalue weighted by Gasteiger charge is 2.53. The van der Waals surface area contributed by atoms with Crippen LogP contribution in [0, 0.1) is 11.8 Å². The third-order valence-corrected chi connectivity index (χ3v) is 9.28. The van der Waals surface area contributed by atoms with E-state index in [4.69, 9.17) is 23.7 Å². The average molecular weight is 581 g/mol. The Kier molecular flexibility index (Phi) is 10.0. The summed E-state index contributed by atoms with van der Waals surface area (Å²) in [6.45, 7) is -0.983. The van der Waals surface area contributed by atoms with E-state index in [9.17, 15) is 46.0 Å². The van der Waals surface area contributed by atoms with E-state index in [1.165, 1.54) is 0 Å². The van der Waals surface area contributed by atoms with Gasteiger partial charge in [-0.3, -0.25) is 0 Å². The van der Waals surface area contributed by atoms with Crippen LogP contribution in [0.4, 0.5) is 0 Å². The molecule has 0 spiro atoms. The molecule has 0 radical (unpaired) electrons. The molecule has 40 heavy (non-hydrogen) atoms. The first-order chi connectivity index (χ1) is 19.1. The predicted molar refractivity (Wildman–Crippen MR) is 131 cm³/mol. The van der Waals surface area contributed by atoms with Crippen LogP contribution in [-0.4, -0.2) is 151 Å². The summed E-state index contributed by atoms with van der Waals surface area (Å²) in [6, 6.07) is 0. The van der Waals surface area contributed by atoms with E-state index >= 15 is 0 Å². The van der Waals surface area contributed by atoms with Crippen molar-refractivity contribution in [2.45, 2.75) is 137 Å². The molecule has 5 rings (SSSR count). The van der Waals surface area contributed by atoms with Gasteiger partial charge in [-0.1, -0.05) is 0 Å². The third-order valence-electron chi connectivity index (χ3n) is 9.28. The first-order valence-corrected chi connectivity index (χ1v) is 14.4. The van der Waals surface area contributed by atoms with Gasteiger partial charge in [0.1, 0.15) is 42.7 Å². The summed E-state index contributed by atoms with van der Waals surface area (Å²) in [5.41, 5.74) is 0. The van der Waals surface area contributed by atoms with Gasteiger partial charge in [0, 0.05) is 5.92 Å². The molecule has 14 heteroatoms. The zero-order chi connectivity index (χ0) is 28.7. The van der Waals surface area contributed by atoms with Crippen molar-refractivity contribution in [2.24, 2.45) is 11.8 Å². The Labute approximate surface area is 232 Å². The lowest BCUT2D eigenvalue weighted by atomic mass is 9.73. The Hall–Kier alpha value is -0.560. The van der Waals surface area contributed by atoms with Crippen molar-refractivity contribution in [1.29, 1.82) is 0 Å². The molecule has 15 unspecified atom stereocenters. The molecule has 9 N–H and O–H groups in total. The zero-order valence-corrected chi connectivity index (χ0v) is 22.2. The van der Waals surface area contributed by atoms with Gasteiger partial charge < -0.3 is 69.6 Å². The van der Waals surface area contributed by atoms with Crippen LogP contribution in [0.5, 0.6) is 0 Å². The second-order valence-corrected chi connectivity index (χ2v) is 12.0. The fourth-order valence-electron chi connectivity index (χ4n) is 6.91. The summed E-state index contributed by atoms with van der Waals surface area (Å²) in [4.78, 5) is 0. The maximum Gasteiger partial charge on any atom is 0.187 e. The van der Waals surface area contributed by atoms with Crippen LogP contribution >= 0.6 is 0 Å². The highest BCUT2D eigenvalue weighted by atomic mass is 16.8. The molecule has 5 fully saturated rings. The van der Waals surface area contributed by atoms with E-state index in [1.54, 1.807) is 0 Å². The van der Waals surface area contributed by atoms with Crippen molar-refractivity contribution in [1.82, 2.24) is 0 Å². The van der Waals surface area contributed by atoms with Crippen molar-refractivity contribution >= 4 is 0 Å². The number of hydrogen-bond donors (Lipinski definition) is 9. The molecule has 14 nitrogen and oxygen atoms in total.